The van der Waals surface area contributed by atoms with Gasteiger partial charge in [0.2, 0.25) is 0 Å². The molecule has 1 fully saturated rings. The molecule has 3 aromatic carbocycles. The van der Waals surface area contributed by atoms with Crippen LogP contribution in [0.15, 0.2) is 79.4 Å². The number of amides is 1. The maximum Gasteiger partial charge on any atom is 0.255 e. The minimum atomic E-state index is -1.73. The summed E-state index contributed by atoms with van der Waals surface area (Å²) >= 11 is 1.37. The average molecular weight is 592 g/mol. The van der Waals surface area contributed by atoms with Gasteiger partial charge in [-0.1, -0.05) is 25.1 Å². The van der Waals surface area contributed by atoms with Gasteiger partial charge < -0.3 is 19.9 Å². The minimum absolute atomic E-state index is 0.0433. The molecule has 42 heavy (non-hydrogen) atoms. The topological polar surface area (TPSA) is 122 Å². The Morgan fingerprint density at radius 3 is 2.50 bits per heavy atom. The van der Waals surface area contributed by atoms with Crippen molar-refractivity contribution in [2.24, 2.45) is 0 Å². The molecule has 4 aromatic rings. The maximum absolute atomic E-state index is 14.8. The van der Waals surface area contributed by atoms with Crippen molar-refractivity contribution in [2.75, 3.05) is 18.5 Å². The Bertz CT molecular complexity index is 1560. The van der Waals surface area contributed by atoms with Crippen molar-refractivity contribution in [1.29, 1.82) is 5.26 Å². The van der Waals surface area contributed by atoms with Crippen molar-refractivity contribution in [1.82, 2.24) is 14.8 Å². The number of nitrogens with one attached hydrogen (secondary N) is 1. The number of rotatable bonds is 9. The van der Waals surface area contributed by atoms with Gasteiger partial charge in [-0.15, -0.1) is 11.8 Å². The lowest BCUT2D eigenvalue weighted by Crippen LogP contribution is -2.43. The number of anilines is 1. The third-order valence-corrected chi connectivity index (χ3v) is 8.38. The molecule has 216 valence electrons. The van der Waals surface area contributed by atoms with Gasteiger partial charge in [0, 0.05) is 33.7 Å². The molecule has 0 radical (unpaired) electrons. The smallest absolute Gasteiger partial charge is 0.255 e. The number of carbonyl (C=O) groups is 1. The molecule has 5 rings (SSSR count). The van der Waals surface area contributed by atoms with Gasteiger partial charge in [0.25, 0.3) is 5.91 Å². The first kappa shape index (κ1) is 29.3. The second-order valence-corrected chi connectivity index (χ2v) is 11.5. The van der Waals surface area contributed by atoms with E-state index in [1.165, 1.54) is 35.2 Å². The number of aliphatic hydroxyl groups is 1. The number of ether oxygens (including phenoxy) is 2. The van der Waals surface area contributed by atoms with Gasteiger partial charge in [0.15, 0.2) is 6.29 Å². The highest BCUT2D eigenvalue weighted by Crippen LogP contribution is 2.39. The standard InChI is InChI=1S/C30H27F2N5O4S/c1-19(30(39,16-37-18-34-17-35-37)26-11-8-23(31)12-27(26)32)42-25-14-40-29(41-15-25)22-6-4-21(5-7-22)28(38)36-24-9-2-20(13-33)3-10-24/h2-12,17-19,25,29,39H,14-16H2,1H3,(H,36,38)/t19-,25-,29-,30-/m1/s1. The van der Waals surface area contributed by atoms with E-state index in [0.717, 1.165) is 17.7 Å². The van der Waals surface area contributed by atoms with Crippen LogP contribution in [0.2, 0.25) is 0 Å². The van der Waals surface area contributed by atoms with Crippen LogP contribution in [-0.4, -0.2) is 49.5 Å². The fraction of sp³-hybridized carbons (Fsp3) is 0.267. The predicted molar refractivity (Wildman–Crippen MR) is 151 cm³/mol. The van der Waals surface area contributed by atoms with Crippen molar-refractivity contribution < 1.29 is 28.2 Å². The third-order valence-electron chi connectivity index (χ3n) is 6.92. The summed E-state index contributed by atoms with van der Waals surface area (Å²) in [6.07, 6.45) is 2.09. The van der Waals surface area contributed by atoms with Crippen LogP contribution in [0, 0.1) is 23.0 Å². The molecule has 1 saturated heterocycles. The molecule has 9 nitrogen and oxygen atoms in total. The van der Waals surface area contributed by atoms with Gasteiger partial charge in [0.05, 0.1) is 36.6 Å². The number of carbonyl (C=O) groups excluding carboxylic acids is 1. The highest BCUT2D eigenvalue weighted by molar-refractivity contribution is 8.00. The summed E-state index contributed by atoms with van der Waals surface area (Å²) < 4.78 is 41.8. The van der Waals surface area contributed by atoms with E-state index in [0.29, 0.717) is 30.0 Å². The summed E-state index contributed by atoms with van der Waals surface area (Å²) in [6, 6.07) is 18.6. The number of nitriles is 1. The fourth-order valence-electron chi connectivity index (χ4n) is 4.62. The lowest BCUT2D eigenvalue weighted by molar-refractivity contribution is -0.180. The average Bonchev–Trinajstić information content (AvgIpc) is 3.50. The fourth-order valence-corrected chi connectivity index (χ4v) is 5.93. The molecule has 1 aliphatic heterocycles. The first-order valence-electron chi connectivity index (χ1n) is 13.1. The van der Waals surface area contributed by atoms with Gasteiger partial charge in [-0.25, -0.2) is 18.4 Å². The third kappa shape index (κ3) is 6.66. The molecule has 1 aromatic heterocycles. The van der Waals surface area contributed by atoms with Crippen molar-refractivity contribution in [3.63, 3.8) is 0 Å². The van der Waals surface area contributed by atoms with E-state index in [4.69, 9.17) is 14.7 Å². The Hall–Kier alpha value is -4.15. The van der Waals surface area contributed by atoms with Gasteiger partial charge in [-0.05, 0) is 42.5 Å². The van der Waals surface area contributed by atoms with Crippen LogP contribution in [-0.2, 0) is 21.6 Å². The number of hydrogen-bond donors (Lipinski definition) is 2. The lowest BCUT2D eigenvalue weighted by atomic mass is 9.90. The van der Waals surface area contributed by atoms with Crippen LogP contribution in [0.25, 0.3) is 0 Å². The van der Waals surface area contributed by atoms with Crippen molar-refractivity contribution in [3.8, 4) is 6.07 Å². The normalized spacial score (nSPS) is 18.9. The number of halogens is 2. The number of benzene rings is 3. The van der Waals surface area contributed by atoms with Gasteiger partial charge in [-0.2, -0.15) is 10.4 Å². The highest BCUT2D eigenvalue weighted by atomic mass is 32.2. The van der Waals surface area contributed by atoms with Crippen LogP contribution in [0.3, 0.4) is 0 Å². The molecule has 0 saturated carbocycles. The van der Waals surface area contributed by atoms with E-state index in [2.05, 4.69) is 15.4 Å². The van der Waals surface area contributed by atoms with E-state index < -0.39 is 28.8 Å². The summed E-state index contributed by atoms with van der Waals surface area (Å²) in [5, 5.41) is 26.7. The maximum atomic E-state index is 14.8. The molecular weight excluding hydrogens is 564 g/mol. The molecule has 1 aliphatic rings. The van der Waals surface area contributed by atoms with E-state index in [-0.39, 0.29) is 23.3 Å². The van der Waals surface area contributed by atoms with E-state index in [9.17, 15) is 18.7 Å². The SMILES string of the molecule is C[C@@H](S[C@H]1CO[C@H](c2ccc(C(=O)Nc3ccc(C#N)cc3)cc2)OC1)[C@](O)(Cn1cncn1)c1ccc(F)cc1F. The van der Waals surface area contributed by atoms with E-state index in [1.807, 2.05) is 6.07 Å². The van der Waals surface area contributed by atoms with Gasteiger partial charge >= 0.3 is 0 Å². The first-order valence-corrected chi connectivity index (χ1v) is 14.0. The largest absolute Gasteiger partial charge is 0.382 e. The molecule has 0 unspecified atom stereocenters. The first-order chi connectivity index (χ1) is 20.2. The second kappa shape index (κ2) is 12.8. The highest BCUT2D eigenvalue weighted by Gasteiger charge is 2.41. The Kier molecular flexibility index (Phi) is 8.94. The van der Waals surface area contributed by atoms with Crippen LogP contribution in [0.4, 0.5) is 14.5 Å². The Morgan fingerprint density at radius 2 is 1.88 bits per heavy atom. The summed E-state index contributed by atoms with van der Waals surface area (Å²) in [5.41, 5.74) is 0.483. The van der Waals surface area contributed by atoms with Crippen LogP contribution < -0.4 is 5.32 Å². The summed E-state index contributed by atoms with van der Waals surface area (Å²) in [7, 11) is 0. The Morgan fingerprint density at radius 1 is 1.17 bits per heavy atom. The van der Waals surface area contributed by atoms with Crippen LogP contribution in [0.5, 0.6) is 0 Å². The molecule has 12 heteroatoms. The second-order valence-electron chi connectivity index (χ2n) is 9.81. The zero-order valence-corrected chi connectivity index (χ0v) is 23.3. The Labute approximate surface area is 245 Å². The summed E-state index contributed by atoms with van der Waals surface area (Å²) in [6.45, 7) is 2.27. The van der Waals surface area contributed by atoms with Crippen LogP contribution in [0.1, 0.15) is 40.3 Å². The van der Waals surface area contributed by atoms with E-state index in [1.54, 1.807) is 55.5 Å². The van der Waals surface area contributed by atoms with Crippen molar-refractivity contribution in [2.45, 2.75) is 35.9 Å². The Balaban J connectivity index is 1.19. The molecule has 0 bridgehead atoms. The van der Waals surface area contributed by atoms with Gasteiger partial charge in [-0.3, -0.25) is 4.79 Å². The minimum Gasteiger partial charge on any atom is -0.382 e. The number of hydrogen-bond acceptors (Lipinski definition) is 8. The van der Waals surface area contributed by atoms with Crippen LogP contribution >= 0.6 is 11.8 Å². The van der Waals surface area contributed by atoms with Gasteiger partial charge in [0.1, 0.15) is 29.9 Å². The molecule has 0 aliphatic carbocycles. The molecule has 2 heterocycles. The summed E-state index contributed by atoms with van der Waals surface area (Å²) in [4.78, 5) is 16.5. The summed E-state index contributed by atoms with van der Waals surface area (Å²) in [5.74, 6) is -1.88. The van der Waals surface area contributed by atoms with Crippen molar-refractivity contribution in [3.05, 3.63) is 113 Å². The number of nitrogens with zero attached hydrogens (tertiary/aromatic N) is 4. The predicted octanol–water partition coefficient (Wildman–Crippen LogP) is 4.80. The molecule has 2 atom stereocenters. The number of thioether (sulfide) groups is 1. The zero-order chi connectivity index (χ0) is 29.7. The number of aromatic nitrogens is 3. The van der Waals surface area contributed by atoms with E-state index >= 15 is 0 Å². The van der Waals surface area contributed by atoms with Crippen molar-refractivity contribution >= 4 is 23.4 Å². The molecule has 0 spiro atoms. The molecule has 2 N–H and O–H groups in total. The quantitative estimate of drug-likeness (QED) is 0.285. The molecular formula is C30H27F2N5O4S. The lowest BCUT2D eigenvalue weighted by Gasteiger charge is -2.37. The zero-order valence-electron chi connectivity index (χ0n) is 22.5. The molecule has 1 amide bonds. The monoisotopic (exact) mass is 591 g/mol.